The summed E-state index contributed by atoms with van der Waals surface area (Å²) in [5, 5.41) is 27.5. The number of fused-ring (bicyclic) bond motifs is 1. The summed E-state index contributed by atoms with van der Waals surface area (Å²) >= 11 is 14.7. The average molecular weight is 637 g/mol. The van der Waals surface area contributed by atoms with Crippen molar-refractivity contribution in [1.29, 1.82) is 0 Å². The summed E-state index contributed by atoms with van der Waals surface area (Å²) in [5.74, 6) is -3.73. The van der Waals surface area contributed by atoms with Gasteiger partial charge in [0.25, 0.3) is 5.91 Å². The topological polar surface area (TPSA) is 193 Å². The van der Waals surface area contributed by atoms with Crippen molar-refractivity contribution >= 4 is 98.6 Å². The highest BCUT2D eigenvalue weighted by molar-refractivity contribution is 8.01. The molecule has 39 heavy (non-hydrogen) atoms. The molecule has 2 aromatic rings. The molecule has 1 saturated heterocycles. The molecular weight excluding hydrogens is 617 g/mol. The number of anilines is 2. The fourth-order valence-electron chi connectivity index (χ4n) is 3.62. The van der Waals surface area contributed by atoms with Gasteiger partial charge in [0.2, 0.25) is 22.9 Å². The normalized spacial score (nSPS) is 18.3. The van der Waals surface area contributed by atoms with Gasteiger partial charge in [0.15, 0.2) is 5.13 Å². The predicted octanol–water partition coefficient (Wildman–Crippen LogP) is -0.0534. The van der Waals surface area contributed by atoms with Gasteiger partial charge in [-0.3, -0.25) is 29.0 Å². The van der Waals surface area contributed by atoms with E-state index < -0.39 is 53.4 Å². The highest BCUT2D eigenvalue weighted by atomic mass is 35.5. The summed E-state index contributed by atoms with van der Waals surface area (Å²) < 4.78 is 1.45. The van der Waals surface area contributed by atoms with Crippen molar-refractivity contribution in [3.63, 3.8) is 0 Å². The van der Waals surface area contributed by atoms with E-state index in [0.29, 0.717) is 16.5 Å². The number of alkyl halides is 2. The Kier molecular flexibility index (Phi) is 9.31. The van der Waals surface area contributed by atoms with E-state index in [1.165, 1.54) is 33.6 Å². The van der Waals surface area contributed by atoms with Crippen LogP contribution in [-0.4, -0.2) is 106 Å². The van der Waals surface area contributed by atoms with Gasteiger partial charge in [-0.05, 0) is 16.0 Å². The zero-order valence-corrected chi connectivity index (χ0v) is 23.8. The lowest BCUT2D eigenvalue weighted by molar-refractivity contribution is -0.150. The number of tetrazole rings is 1. The number of amides is 4. The monoisotopic (exact) mass is 635 g/mol. The molecule has 20 heteroatoms. The van der Waals surface area contributed by atoms with E-state index in [-0.39, 0.29) is 28.3 Å². The first kappa shape index (κ1) is 29.1. The number of thioether (sulfide) groups is 2. The molecule has 4 heterocycles. The molecule has 15 nitrogen and oxygen atoms in total. The van der Waals surface area contributed by atoms with Crippen molar-refractivity contribution in [2.24, 2.45) is 7.05 Å². The number of carboxylic acids is 1. The maximum Gasteiger partial charge on any atom is 0.352 e. The van der Waals surface area contributed by atoms with E-state index in [2.05, 4.69) is 31.1 Å². The van der Waals surface area contributed by atoms with Gasteiger partial charge in [-0.1, -0.05) is 11.8 Å². The third-order valence-corrected chi connectivity index (χ3v) is 9.03. The molecule has 2 aromatic heterocycles. The van der Waals surface area contributed by atoms with Crippen molar-refractivity contribution in [2.75, 3.05) is 40.0 Å². The van der Waals surface area contributed by atoms with Crippen molar-refractivity contribution in [1.82, 2.24) is 35.4 Å². The lowest BCUT2D eigenvalue weighted by Gasteiger charge is -2.49. The SMILES string of the molecule is Cn1nnnc1SCC1=C(C(=O)O)N2C(=O)[C@@H](NC(=O)CN(C(=O)CCl)c3csc(NC(=O)CCl)n3)[C@@H]2SC1. The van der Waals surface area contributed by atoms with Crippen molar-refractivity contribution in [2.45, 2.75) is 16.6 Å². The fraction of sp³-hybridized carbons (Fsp3) is 0.421. The van der Waals surface area contributed by atoms with E-state index in [1.807, 2.05) is 0 Å². The second-order valence-electron chi connectivity index (χ2n) is 7.89. The van der Waals surface area contributed by atoms with E-state index >= 15 is 0 Å². The van der Waals surface area contributed by atoms with E-state index in [4.69, 9.17) is 23.2 Å². The Hall–Kier alpha value is -2.93. The molecular formula is C19H19Cl2N9O6S3. The Morgan fingerprint density at radius 3 is 2.67 bits per heavy atom. The van der Waals surface area contributed by atoms with Gasteiger partial charge in [0, 0.05) is 23.9 Å². The minimum atomic E-state index is -1.26. The lowest BCUT2D eigenvalue weighted by atomic mass is 10.0. The van der Waals surface area contributed by atoms with Crippen LogP contribution in [0.25, 0.3) is 0 Å². The lowest BCUT2D eigenvalue weighted by Crippen LogP contribution is -2.71. The Labute approximate surface area is 242 Å². The Bertz CT molecular complexity index is 1350. The summed E-state index contributed by atoms with van der Waals surface area (Å²) in [6.45, 7) is -0.505. The molecule has 4 amide bonds. The van der Waals surface area contributed by atoms with Gasteiger partial charge in [-0.2, -0.15) is 0 Å². The first-order valence-corrected chi connectivity index (χ1v) is 14.8. The molecule has 2 aliphatic rings. The molecule has 0 spiro atoms. The molecule has 0 unspecified atom stereocenters. The number of carbonyl (C=O) groups excluding carboxylic acids is 4. The van der Waals surface area contributed by atoms with Crippen LogP contribution >= 0.6 is 58.1 Å². The fourth-order valence-corrected chi connectivity index (χ4v) is 6.88. The molecule has 1 fully saturated rings. The van der Waals surface area contributed by atoms with Gasteiger partial charge in [0.05, 0.1) is 0 Å². The number of aliphatic carboxylic acids is 1. The molecule has 0 aromatic carbocycles. The van der Waals surface area contributed by atoms with Gasteiger partial charge in [0.1, 0.15) is 41.2 Å². The summed E-state index contributed by atoms with van der Waals surface area (Å²) in [6, 6.07) is -0.990. The molecule has 2 aliphatic heterocycles. The third-order valence-electron chi connectivity index (χ3n) is 5.38. The van der Waals surface area contributed by atoms with Crippen LogP contribution in [0.15, 0.2) is 21.8 Å². The van der Waals surface area contributed by atoms with Crippen molar-refractivity contribution in [3.8, 4) is 0 Å². The summed E-state index contributed by atoms with van der Waals surface area (Å²) in [6.07, 6.45) is 0. The number of β-lactam (4-membered cyclic amide) rings is 1. The highest BCUT2D eigenvalue weighted by Gasteiger charge is 2.54. The molecule has 4 rings (SSSR count). The highest BCUT2D eigenvalue weighted by Crippen LogP contribution is 2.41. The van der Waals surface area contributed by atoms with Gasteiger partial charge < -0.3 is 15.7 Å². The number of nitrogens with zero attached hydrogens (tertiary/aromatic N) is 7. The van der Waals surface area contributed by atoms with Crippen LogP contribution in [0.2, 0.25) is 0 Å². The molecule has 0 bridgehead atoms. The van der Waals surface area contributed by atoms with Crippen LogP contribution in [0.1, 0.15) is 0 Å². The van der Waals surface area contributed by atoms with Gasteiger partial charge in [-0.15, -0.1) is 51.4 Å². The molecule has 0 saturated carbocycles. The zero-order valence-electron chi connectivity index (χ0n) is 19.9. The Balaban J connectivity index is 1.42. The van der Waals surface area contributed by atoms with Crippen LogP contribution in [0, 0.1) is 0 Å². The first-order chi connectivity index (χ1) is 18.6. The Morgan fingerprint density at radius 2 is 2.03 bits per heavy atom. The number of hydrogen-bond acceptors (Lipinski definition) is 12. The maximum atomic E-state index is 13.0. The zero-order chi connectivity index (χ0) is 28.3. The number of hydrogen-bond donors (Lipinski definition) is 3. The largest absolute Gasteiger partial charge is 0.477 e. The molecule has 0 radical (unpaired) electrons. The number of rotatable bonds is 11. The van der Waals surface area contributed by atoms with Gasteiger partial charge in [-0.25, -0.2) is 14.5 Å². The number of carboxylic acid groups (broad SMARTS) is 1. The quantitative estimate of drug-likeness (QED) is 0.169. The first-order valence-electron chi connectivity index (χ1n) is 10.9. The summed E-state index contributed by atoms with van der Waals surface area (Å²) in [4.78, 5) is 68.1. The molecule has 3 N–H and O–H groups in total. The standard InChI is InChI=1S/C19H19Cl2N9O6S3/c1-28-19(25-26-27-28)39-6-8-5-37-16-13(15(34)30(16)14(8)17(35)36)23-11(32)4-29(12(33)3-21)9-7-38-18(22-9)24-10(31)2-20/h7,13,16H,2-6H2,1H3,(H,23,32)(H,35,36)(H,22,24,31)/t13-,16+/m1/s1. The second-order valence-corrected chi connectivity index (χ2v) is 11.3. The van der Waals surface area contributed by atoms with Gasteiger partial charge >= 0.3 is 5.97 Å². The van der Waals surface area contributed by atoms with Crippen molar-refractivity contribution < 1.29 is 29.1 Å². The van der Waals surface area contributed by atoms with E-state index in [1.54, 1.807) is 7.05 Å². The van der Waals surface area contributed by atoms with Crippen LogP contribution in [0.4, 0.5) is 10.9 Å². The van der Waals surface area contributed by atoms with Crippen LogP contribution in [-0.2, 0) is 31.0 Å². The molecule has 208 valence electrons. The minimum absolute atomic E-state index is 0.0793. The third kappa shape index (κ3) is 6.29. The van der Waals surface area contributed by atoms with Crippen molar-refractivity contribution in [3.05, 3.63) is 16.7 Å². The molecule has 0 aliphatic carbocycles. The molecule has 2 atom stereocenters. The minimum Gasteiger partial charge on any atom is -0.477 e. The number of nitrogens with one attached hydrogen (secondary N) is 2. The number of aryl methyl sites for hydroxylation is 1. The summed E-state index contributed by atoms with van der Waals surface area (Å²) in [5.41, 5.74) is 0.388. The van der Waals surface area contributed by atoms with E-state index in [9.17, 15) is 29.1 Å². The number of thiazole rings is 1. The van der Waals surface area contributed by atoms with Crippen LogP contribution < -0.4 is 15.5 Å². The average Bonchev–Trinajstić information content (AvgIpc) is 3.56. The maximum absolute atomic E-state index is 13.0. The number of carbonyl (C=O) groups is 5. The van der Waals surface area contributed by atoms with E-state index in [0.717, 1.165) is 21.1 Å². The number of halogens is 2. The summed E-state index contributed by atoms with van der Waals surface area (Å²) in [7, 11) is 1.65. The Morgan fingerprint density at radius 1 is 1.26 bits per heavy atom. The van der Waals surface area contributed by atoms with Crippen LogP contribution in [0.3, 0.4) is 0 Å². The number of aromatic nitrogens is 5. The predicted molar refractivity (Wildman–Crippen MR) is 144 cm³/mol. The smallest absolute Gasteiger partial charge is 0.352 e. The second kappa shape index (κ2) is 12.5. The van der Waals surface area contributed by atoms with Crippen LogP contribution in [0.5, 0.6) is 0 Å².